The molecular formula is C17H14N2O. The highest BCUT2D eigenvalue weighted by atomic mass is 16.1. The van der Waals surface area contributed by atoms with Gasteiger partial charge in [0.1, 0.15) is 0 Å². The lowest BCUT2D eigenvalue weighted by atomic mass is 10.0. The van der Waals surface area contributed by atoms with Crippen LogP contribution in [0.4, 0.5) is 5.69 Å². The maximum absolute atomic E-state index is 12.3. The van der Waals surface area contributed by atoms with Gasteiger partial charge in [-0.15, -0.1) is 0 Å². The minimum absolute atomic E-state index is 0.00844. The van der Waals surface area contributed by atoms with Gasteiger partial charge in [-0.2, -0.15) is 0 Å². The molecule has 3 aromatic rings. The van der Waals surface area contributed by atoms with E-state index in [1.54, 1.807) is 12.1 Å². The summed E-state index contributed by atoms with van der Waals surface area (Å²) < 4.78 is 0. The molecule has 3 nitrogen and oxygen atoms in total. The zero-order chi connectivity index (χ0) is 13.9. The van der Waals surface area contributed by atoms with Crippen molar-refractivity contribution in [1.82, 2.24) is 4.98 Å². The molecule has 3 rings (SSSR count). The van der Waals surface area contributed by atoms with Gasteiger partial charge in [0.2, 0.25) is 0 Å². The topological polar surface area (TPSA) is 56.0 Å². The van der Waals surface area contributed by atoms with Gasteiger partial charge in [0.05, 0.1) is 11.9 Å². The van der Waals surface area contributed by atoms with Crippen molar-refractivity contribution in [2.24, 2.45) is 0 Å². The van der Waals surface area contributed by atoms with Gasteiger partial charge in [-0.25, -0.2) is 0 Å². The molecule has 0 saturated carbocycles. The Bertz CT molecular complexity index is 781. The number of nitrogens with zero attached hydrogens (tertiary/aromatic N) is 1. The summed E-state index contributed by atoms with van der Waals surface area (Å²) in [5.41, 5.74) is 8.56. The minimum Gasteiger partial charge on any atom is -0.398 e. The van der Waals surface area contributed by atoms with Crippen molar-refractivity contribution < 1.29 is 4.79 Å². The lowest BCUT2D eigenvalue weighted by molar-refractivity contribution is 0.0993. The highest BCUT2D eigenvalue weighted by molar-refractivity contribution is 6.01. The second kappa shape index (κ2) is 5.13. The first-order valence-corrected chi connectivity index (χ1v) is 6.46. The standard InChI is InChI=1S/C17H14N2O/c18-15-7-3-2-6-14(15)17(20)11-13-10-9-12-5-1-4-8-16(12)19-13/h1-10H,11,18H2. The van der Waals surface area contributed by atoms with Crippen LogP contribution < -0.4 is 5.73 Å². The van der Waals surface area contributed by atoms with Crippen LogP contribution in [0.3, 0.4) is 0 Å². The second-order valence-electron chi connectivity index (χ2n) is 4.68. The van der Waals surface area contributed by atoms with Crippen LogP contribution >= 0.6 is 0 Å². The second-order valence-corrected chi connectivity index (χ2v) is 4.68. The van der Waals surface area contributed by atoms with Crippen LogP contribution in [-0.2, 0) is 6.42 Å². The van der Waals surface area contributed by atoms with Crippen molar-refractivity contribution in [2.75, 3.05) is 5.73 Å². The summed E-state index contributed by atoms with van der Waals surface area (Å²) in [6.45, 7) is 0. The van der Waals surface area contributed by atoms with Gasteiger partial charge in [0.25, 0.3) is 0 Å². The van der Waals surface area contributed by atoms with E-state index in [1.807, 2.05) is 48.5 Å². The van der Waals surface area contributed by atoms with Crippen molar-refractivity contribution in [2.45, 2.75) is 6.42 Å². The van der Waals surface area contributed by atoms with E-state index in [0.29, 0.717) is 11.3 Å². The average molecular weight is 262 g/mol. The molecule has 0 fully saturated rings. The fraction of sp³-hybridized carbons (Fsp3) is 0.0588. The smallest absolute Gasteiger partial charge is 0.170 e. The third-order valence-electron chi connectivity index (χ3n) is 3.26. The number of pyridine rings is 1. The third kappa shape index (κ3) is 2.38. The molecule has 0 aliphatic rings. The van der Waals surface area contributed by atoms with E-state index in [0.717, 1.165) is 16.6 Å². The van der Waals surface area contributed by atoms with E-state index in [4.69, 9.17) is 5.73 Å². The predicted octanol–water partition coefficient (Wildman–Crippen LogP) is 3.24. The number of Topliss-reactive ketones (excluding diaryl/α,β-unsaturated/α-hetero) is 1. The first-order valence-electron chi connectivity index (χ1n) is 6.46. The zero-order valence-corrected chi connectivity index (χ0v) is 10.9. The number of para-hydroxylation sites is 2. The SMILES string of the molecule is Nc1ccccc1C(=O)Cc1ccc2ccccc2n1. The van der Waals surface area contributed by atoms with Gasteiger partial charge < -0.3 is 5.73 Å². The largest absolute Gasteiger partial charge is 0.398 e. The molecule has 0 bridgehead atoms. The Morgan fingerprint density at radius 2 is 1.70 bits per heavy atom. The molecule has 3 heteroatoms. The number of aromatic nitrogens is 1. The lowest BCUT2D eigenvalue weighted by Crippen LogP contribution is -2.07. The van der Waals surface area contributed by atoms with E-state index >= 15 is 0 Å². The molecule has 0 amide bonds. The van der Waals surface area contributed by atoms with E-state index in [-0.39, 0.29) is 12.2 Å². The van der Waals surface area contributed by atoms with Crippen LogP contribution in [0.2, 0.25) is 0 Å². The van der Waals surface area contributed by atoms with Crippen molar-refractivity contribution in [1.29, 1.82) is 0 Å². The van der Waals surface area contributed by atoms with E-state index in [1.165, 1.54) is 0 Å². The number of ketones is 1. The molecule has 1 aromatic heterocycles. The minimum atomic E-state index is -0.00844. The maximum atomic E-state index is 12.3. The van der Waals surface area contributed by atoms with Gasteiger partial charge in [0.15, 0.2) is 5.78 Å². The highest BCUT2D eigenvalue weighted by Gasteiger charge is 2.11. The first kappa shape index (κ1) is 12.4. The number of anilines is 1. The Kier molecular flexibility index (Phi) is 3.17. The molecule has 0 aliphatic heterocycles. The molecule has 0 saturated heterocycles. The molecule has 0 spiro atoms. The van der Waals surface area contributed by atoms with Crippen molar-refractivity contribution in [3.8, 4) is 0 Å². The predicted molar refractivity (Wildman–Crippen MR) is 80.6 cm³/mol. The molecule has 2 N–H and O–H groups in total. The molecular weight excluding hydrogens is 248 g/mol. The average Bonchev–Trinajstić information content (AvgIpc) is 2.47. The number of carbonyl (C=O) groups excluding carboxylic acids is 1. The van der Waals surface area contributed by atoms with Crippen molar-refractivity contribution >= 4 is 22.4 Å². The van der Waals surface area contributed by atoms with Gasteiger partial charge in [0, 0.05) is 22.3 Å². The molecule has 0 unspecified atom stereocenters. The summed E-state index contributed by atoms with van der Waals surface area (Å²) in [7, 11) is 0. The lowest BCUT2D eigenvalue weighted by Gasteiger charge is -2.05. The van der Waals surface area contributed by atoms with Crippen LogP contribution in [0.1, 0.15) is 16.1 Å². The number of fused-ring (bicyclic) bond motifs is 1. The van der Waals surface area contributed by atoms with Crippen molar-refractivity contribution in [3.63, 3.8) is 0 Å². The van der Waals surface area contributed by atoms with Gasteiger partial charge in [-0.05, 0) is 24.3 Å². The number of carbonyl (C=O) groups is 1. The first-order chi connectivity index (χ1) is 9.74. The van der Waals surface area contributed by atoms with Gasteiger partial charge in [-0.1, -0.05) is 36.4 Å². The molecule has 0 atom stereocenters. The van der Waals surface area contributed by atoms with Crippen LogP contribution in [-0.4, -0.2) is 10.8 Å². The number of benzene rings is 2. The van der Waals surface area contributed by atoms with E-state index in [9.17, 15) is 4.79 Å². The summed E-state index contributed by atoms with van der Waals surface area (Å²) in [4.78, 5) is 16.8. The molecule has 98 valence electrons. The number of hydrogen-bond donors (Lipinski definition) is 1. The Balaban J connectivity index is 1.89. The zero-order valence-electron chi connectivity index (χ0n) is 10.9. The fourth-order valence-corrected chi connectivity index (χ4v) is 2.22. The van der Waals surface area contributed by atoms with E-state index in [2.05, 4.69) is 4.98 Å². The number of nitrogens with two attached hydrogens (primary N) is 1. The summed E-state index contributed by atoms with van der Waals surface area (Å²) in [6, 6.07) is 18.9. The molecule has 1 heterocycles. The number of nitrogen functional groups attached to an aromatic ring is 1. The van der Waals surface area contributed by atoms with Gasteiger partial charge >= 0.3 is 0 Å². The molecule has 20 heavy (non-hydrogen) atoms. The number of hydrogen-bond acceptors (Lipinski definition) is 3. The number of rotatable bonds is 3. The van der Waals surface area contributed by atoms with Crippen LogP contribution in [0.5, 0.6) is 0 Å². The third-order valence-corrected chi connectivity index (χ3v) is 3.26. The Morgan fingerprint density at radius 1 is 0.950 bits per heavy atom. The summed E-state index contributed by atoms with van der Waals surface area (Å²) in [5.74, 6) is -0.00844. The van der Waals surface area contributed by atoms with Crippen molar-refractivity contribution in [3.05, 3.63) is 71.9 Å². The fourth-order valence-electron chi connectivity index (χ4n) is 2.22. The van der Waals surface area contributed by atoms with Gasteiger partial charge in [-0.3, -0.25) is 9.78 Å². The quantitative estimate of drug-likeness (QED) is 0.582. The maximum Gasteiger partial charge on any atom is 0.170 e. The van der Waals surface area contributed by atoms with Crippen LogP contribution in [0.15, 0.2) is 60.7 Å². The van der Waals surface area contributed by atoms with E-state index < -0.39 is 0 Å². The highest BCUT2D eigenvalue weighted by Crippen LogP contribution is 2.16. The molecule has 0 radical (unpaired) electrons. The normalized spacial score (nSPS) is 10.6. The Labute approximate surface area is 117 Å². The molecule has 2 aromatic carbocycles. The molecule has 0 aliphatic carbocycles. The summed E-state index contributed by atoms with van der Waals surface area (Å²) in [5, 5.41) is 1.07. The van der Waals surface area contributed by atoms with Crippen LogP contribution in [0.25, 0.3) is 10.9 Å². The summed E-state index contributed by atoms with van der Waals surface area (Å²) >= 11 is 0. The van der Waals surface area contributed by atoms with Crippen LogP contribution in [0, 0.1) is 0 Å². The Morgan fingerprint density at radius 3 is 2.55 bits per heavy atom. The summed E-state index contributed by atoms with van der Waals surface area (Å²) in [6.07, 6.45) is 0.263. The monoisotopic (exact) mass is 262 g/mol. The Hall–Kier alpha value is -2.68.